The number of rotatable bonds is 5. The molecule has 0 atom stereocenters. The summed E-state index contributed by atoms with van der Waals surface area (Å²) in [4.78, 5) is 22.0. The molecule has 0 aliphatic carbocycles. The Balaban J connectivity index is 2.04. The van der Waals surface area contributed by atoms with Crippen LogP contribution >= 0.6 is 23.1 Å². The molecule has 0 aliphatic rings. The molecule has 0 saturated carbocycles. The van der Waals surface area contributed by atoms with Crippen molar-refractivity contribution in [1.29, 1.82) is 0 Å². The molecule has 0 bridgehead atoms. The average molecular weight is 295 g/mol. The zero-order valence-corrected chi connectivity index (χ0v) is 11.2. The van der Waals surface area contributed by atoms with Crippen molar-refractivity contribution in [2.45, 2.75) is 10.6 Å². The summed E-state index contributed by atoms with van der Waals surface area (Å²) in [6.45, 7) is 0. The Kier molecular flexibility index (Phi) is 4.18. The number of aromatic carboxylic acids is 1. The van der Waals surface area contributed by atoms with Crippen LogP contribution in [0.2, 0.25) is 0 Å². The highest BCUT2D eigenvalue weighted by Crippen LogP contribution is 2.30. The molecule has 0 fully saturated rings. The first kappa shape index (κ1) is 13.6. The van der Waals surface area contributed by atoms with Gasteiger partial charge >= 0.3 is 5.97 Å². The molecule has 2 rings (SSSR count). The fraction of sp³-hybridized carbons (Fsp3) is 0.0833. The van der Waals surface area contributed by atoms with Crippen molar-refractivity contribution in [3.8, 4) is 0 Å². The Labute approximate surface area is 117 Å². The highest BCUT2D eigenvalue weighted by Gasteiger charge is 2.12. The van der Waals surface area contributed by atoms with Gasteiger partial charge in [-0.05, 0) is 17.0 Å². The Morgan fingerprint density at radius 1 is 1.32 bits per heavy atom. The first-order chi connectivity index (χ1) is 9.08. The lowest BCUT2D eigenvalue weighted by Gasteiger charge is -2.01. The number of nitro benzene ring substituents is 1. The van der Waals surface area contributed by atoms with Crippen LogP contribution in [0, 0.1) is 10.1 Å². The molecule has 0 amide bonds. The predicted octanol–water partition coefficient (Wildman–Crippen LogP) is 3.65. The smallest absolute Gasteiger partial charge is 0.347 e. The van der Waals surface area contributed by atoms with Crippen LogP contribution in [0.25, 0.3) is 0 Å². The van der Waals surface area contributed by atoms with E-state index < -0.39 is 10.9 Å². The van der Waals surface area contributed by atoms with Crippen LogP contribution in [0.4, 0.5) is 5.69 Å². The van der Waals surface area contributed by atoms with Gasteiger partial charge in [0.25, 0.3) is 5.69 Å². The first-order valence-electron chi connectivity index (χ1n) is 5.25. The van der Waals surface area contributed by atoms with E-state index in [-0.39, 0.29) is 5.69 Å². The van der Waals surface area contributed by atoms with Gasteiger partial charge in [0.05, 0.1) is 4.92 Å². The standard InChI is InChI=1S/C12H9NO4S2/c14-12(15)11-10(5-6-18-11)19-7-8-1-3-9(4-2-8)13(16)17/h1-6H,7H2,(H,14,15). The van der Waals surface area contributed by atoms with E-state index in [2.05, 4.69) is 0 Å². The van der Waals surface area contributed by atoms with Gasteiger partial charge in [-0.25, -0.2) is 4.79 Å². The first-order valence-corrected chi connectivity index (χ1v) is 7.11. The molecule has 1 aromatic heterocycles. The molecule has 19 heavy (non-hydrogen) atoms. The molecular weight excluding hydrogens is 286 g/mol. The van der Waals surface area contributed by atoms with Gasteiger partial charge in [-0.1, -0.05) is 12.1 Å². The summed E-state index contributed by atoms with van der Waals surface area (Å²) in [6.07, 6.45) is 0. The molecule has 0 saturated heterocycles. The topological polar surface area (TPSA) is 80.4 Å². The fourth-order valence-electron chi connectivity index (χ4n) is 1.44. The van der Waals surface area contributed by atoms with Crippen LogP contribution < -0.4 is 0 Å². The van der Waals surface area contributed by atoms with E-state index in [1.807, 2.05) is 0 Å². The molecular formula is C12H9NO4S2. The second-order valence-electron chi connectivity index (χ2n) is 3.63. The largest absolute Gasteiger partial charge is 0.477 e. The van der Waals surface area contributed by atoms with E-state index in [4.69, 9.17) is 5.11 Å². The number of thioether (sulfide) groups is 1. The summed E-state index contributed by atoms with van der Waals surface area (Å²) in [7, 11) is 0. The van der Waals surface area contributed by atoms with Crippen LogP contribution in [0.3, 0.4) is 0 Å². The van der Waals surface area contributed by atoms with Gasteiger partial charge in [0.15, 0.2) is 0 Å². The van der Waals surface area contributed by atoms with E-state index in [0.29, 0.717) is 10.6 Å². The van der Waals surface area contributed by atoms with E-state index in [1.54, 1.807) is 23.6 Å². The third-order valence-electron chi connectivity index (χ3n) is 2.36. The number of nitrogens with zero attached hydrogens (tertiary/aromatic N) is 1. The minimum absolute atomic E-state index is 0.0514. The SMILES string of the molecule is O=C(O)c1sccc1SCc1ccc([N+](=O)[O-])cc1. The van der Waals surface area contributed by atoms with Crippen LogP contribution in [-0.2, 0) is 5.75 Å². The number of benzene rings is 1. The van der Waals surface area contributed by atoms with Gasteiger partial charge in [-0.3, -0.25) is 10.1 Å². The fourth-order valence-corrected chi connectivity index (χ4v) is 3.37. The maximum atomic E-state index is 10.9. The quantitative estimate of drug-likeness (QED) is 0.517. The average Bonchev–Trinajstić information content (AvgIpc) is 2.85. The highest BCUT2D eigenvalue weighted by molar-refractivity contribution is 7.98. The number of carbonyl (C=O) groups is 1. The van der Waals surface area contributed by atoms with Crippen LogP contribution in [0.5, 0.6) is 0 Å². The van der Waals surface area contributed by atoms with E-state index in [0.717, 1.165) is 10.5 Å². The molecule has 5 nitrogen and oxygen atoms in total. The zero-order chi connectivity index (χ0) is 13.8. The summed E-state index contributed by atoms with van der Waals surface area (Å²) >= 11 is 2.60. The van der Waals surface area contributed by atoms with Crippen molar-refractivity contribution >= 4 is 34.8 Å². The zero-order valence-electron chi connectivity index (χ0n) is 9.61. The molecule has 0 radical (unpaired) electrons. The summed E-state index contributed by atoms with van der Waals surface area (Å²) < 4.78 is 0. The third-order valence-corrected chi connectivity index (χ3v) is 4.53. The predicted molar refractivity (Wildman–Crippen MR) is 73.9 cm³/mol. The summed E-state index contributed by atoms with van der Waals surface area (Å²) in [5.74, 6) is -0.351. The normalized spacial score (nSPS) is 10.3. The third kappa shape index (κ3) is 3.33. The Morgan fingerprint density at radius 3 is 2.58 bits per heavy atom. The number of hydrogen-bond acceptors (Lipinski definition) is 5. The minimum Gasteiger partial charge on any atom is -0.477 e. The minimum atomic E-state index is -0.929. The number of hydrogen-bond donors (Lipinski definition) is 1. The lowest BCUT2D eigenvalue weighted by Crippen LogP contribution is -1.93. The second kappa shape index (κ2) is 5.85. The van der Waals surface area contributed by atoms with Crippen LogP contribution in [-0.4, -0.2) is 16.0 Å². The molecule has 0 spiro atoms. The van der Waals surface area contributed by atoms with Gasteiger partial charge in [-0.15, -0.1) is 23.1 Å². The van der Waals surface area contributed by atoms with Crippen molar-refractivity contribution < 1.29 is 14.8 Å². The Morgan fingerprint density at radius 2 is 2.00 bits per heavy atom. The van der Waals surface area contributed by atoms with Gasteiger partial charge in [-0.2, -0.15) is 0 Å². The van der Waals surface area contributed by atoms with Gasteiger partial charge in [0, 0.05) is 22.8 Å². The molecule has 7 heteroatoms. The Bertz CT molecular complexity index is 606. The van der Waals surface area contributed by atoms with E-state index >= 15 is 0 Å². The molecule has 0 aliphatic heterocycles. The Hall–Kier alpha value is -1.86. The van der Waals surface area contributed by atoms with Crippen LogP contribution in [0.15, 0.2) is 40.6 Å². The number of thiophene rings is 1. The molecule has 1 aromatic carbocycles. The lowest BCUT2D eigenvalue weighted by molar-refractivity contribution is -0.384. The van der Waals surface area contributed by atoms with Crippen molar-refractivity contribution in [3.63, 3.8) is 0 Å². The molecule has 0 unspecified atom stereocenters. The van der Waals surface area contributed by atoms with Gasteiger partial charge in [0.1, 0.15) is 4.88 Å². The van der Waals surface area contributed by atoms with Gasteiger partial charge in [0.2, 0.25) is 0 Å². The summed E-state index contributed by atoms with van der Waals surface area (Å²) in [5, 5.41) is 21.2. The summed E-state index contributed by atoms with van der Waals surface area (Å²) in [6, 6.07) is 8.02. The maximum absolute atomic E-state index is 10.9. The molecule has 1 heterocycles. The summed E-state index contributed by atoms with van der Waals surface area (Å²) in [5.41, 5.74) is 0.966. The van der Waals surface area contributed by atoms with Crippen LogP contribution in [0.1, 0.15) is 15.2 Å². The van der Waals surface area contributed by atoms with Crippen molar-refractivity contribution in [2.75, 3.05) is 0 Å². The molecule has 98 valence electrons. The number of non-ortho nitro benzene ring substituents is 1. The number of carboxylic acids is 1. The monoisotopic (exact) mass is 295 g/mol. The number of nitro groups is 1. The van der Waals surface area contributed by atoms with E-state index in [1.165, 1.54) is 35.2 Å². The second-order valence-corrected chi connectivity index (χ2v) is 5.56. The van der Waals surface area contributed by atoms with Crippen molar-refractivity contribution in [2.24, 2.45) is 0 Å². The van der Waals surface area contributed by atoms with Crippen molar-refractivity contribution in [3.05, 3.63) is 56.3 Å². The van der Waals surface area contributed by atoms with Crippen molar-refractivity contribution in [1.82, 2.24) is 0 Å². The lowest BCUT2D eigenvalue weighted by atomic mass is 10.2. The number of carboxylic acid groups (broad SMARTS) is 1. The molecule has 1 N–H and O–H groups in total. The maximum Gasteiger partial charge on any atom is 0.347 e. The van der Waals surface area contributed by atoms with Gasteiger partial charge < -0.3 is 5.11 Å². The van der Waals surface area contributed by atoms with E-state index in [9.17, 15) is 14.9 Å². The highest BCUT2D eigenvalue weighted by atomic mass is 32.2. The molecule has 2 aromatic rings.